The molecule has 2 heterocycles. The fourth-order valence-electron chi connectivity index (χ4n) is 1.61. The van der Waals surface area contributed by atoms with Crippen molar-refractivity contribution in [1.29, 1.82) is 0 Å². The fourth-order valence-corrected chi connectivity index (χ4v) is 1.61. The number of methoxy groups -OCH3 is 1. The third-order valence-corrected chi connectivity index (χ3v) is 2.22. The number of ether oxygens (including phenoxy) is 1. The van der Waals surface area contributed by atoms with Crippen LogP contribution in [0.25, 0.3) is 0 Å². The molecule has 0 saturated heterocycles. The van der Waals surface area contributed by atoms with Gasteiger partial charge >= 0.3 is 5.97 Å². The van der Waals surface area contributed by atoms with Crippen molar-refractivity contribution in [3.63, 3.8) is 0 Å². The minimum Gasteiger partial charge on any atom is -0.469 e. The summed E-state index contributed by atoms with van der Waals surface area (Å²) in [6, 6.07) is 1.87. The average Bonchev–Trinajstić information content (AvgIpc) is 2.62. The van der Waals surface area contributed by atoms with Crippen LogP contribution in [0.2, 0.25) is 0 Å². The Bertz CT molecular complexity index is 306. The SMILES string of the molecule is COC(=O)C1CCn2nccc21. The lowest BCUT2D eigenvalue weighted by atomic mass is 10.1. The quantitative estimate of drug-likeness (QED) is 0.572. The number of fused-ring (bicyclic) bond motifs is 1. The lowest BCUT2D eigenvalue weighted by Crippen LogP contribution is -2.11. The highest BCUT2D eigenvalue weighted by molar-refractivity contribution is 5.77. The molecular formula is C8H10N2O2. The summed E-state index contributed by atoms with van der Waals surface area (Å²) in [5.74, 6) is -0.258. The van der Waals surface area contributed by atoms with E-state index in [4.69, 9.17) is 0 Å². The predicted octanol–water partition coefficient (Wildman–Crippen LogP) is 0.543. The Morgan fingerprint density at radius 3 is 3.42 bits per heavy atom. The summed E-state index contributed by atoms with van der Waals surface area (Å²) in [5, 5.41) is 4.07. The van der Waals surface area contributed by atoms with Crippen molar-refractivity contribution in [2.75, 3.05) is 7.11 Å². The molecule has 0 saturated carbocycles. The Morgan fingerprint density at radius 1 is 1.83 bits per heavy atom. The van der Waals surface area contributed by atoms with Gasteiger partial charge in [-0.05, 0) is 12.5 Å². The minimum absolute atomic E-state index is 0.0995. The Balaban J connectivity index is 2.28. The number of hydrogen-bond donors (Lipinski definition) is 0. The molecule has 1 aromatic rings. The molecule has 0 amide bonds. The van der Waals surface area contributed by atoms with Gasteiger partial charge < -0.3 is 4.74 Å². The van der Waals surface area contributed by atoms with Gasteiger partial charge in [-0.15, -0.1) is 0 Å². The molecule has 0 aliphatic carbocycles. The lowest BCUT2D eigenvalue weighted by Gasteiger charge is -2.04. The lowest BCUT2D eigenvalue weighted by molar-refractivity contribution is -0.142. The highest BCUT2D eigenvalue weighted by Gasteiger charge is 2.29. The van der Waals surface area contributed by atoms with E-state index in [2.05, 4.69) is 9.84 Å². The van der Waals surface area contributed by atoms with E-state index in [1.165, 1.54) is 7.11 Å². The minimum atomic E-state index is -0.158. The van der Waals surface area contributed by atoms with Gasteiger partial charge in [0, 0.05) is 12.7 Å². The average molecular weight is 166 g/mol. The molecule has 1 aliphatic heterocycles. The van der Waals surface area contributed by atoms with Gasteiger partial charge in [0.25, 0.3) is 0 Å². The van der Waals surface area contributed by atoms with E-state index in [1.807, 2.05) is 10.7 Å². The van der Waals surface area contributed by atoms with Crippen molar-refractivity contribution in [1.82, 2.24) is 9.78 Å². The second-order valence-electron chi connectivity index (χ2n) is 2.84. The molecule has 1 aromatic heterocycles. The van der Waals surface area contributed by atoms with Crippen LogP contribution >= 0.6 is 0 Å². The van der Waals surface area contributed by atoms with Crippen LogP contribution in [0.1, 0.15) is 18.0 Å². The van der Waals surface area contributed by atoms with E-state index in [1.54, 1.807) is 6.20 Å². The maximum absolute atomic E-state index is 11.2. The molecule has 0 spiro atoms. The molecule has 12 heavy (non-hydrogen) atoms. The van der Waals surface area contributed by atoms with E-state index < -0.39 is 0 Å². The Labute approximate surface area is 70.1 Å². The number of aryl methyl sites for hydroxylation is 1. The van der Waals surface area contributed by atoms with E-state index in [0.717, 1.165) is 18.7 Å². The standard InChI is InChI=1S/C8H10N2O2/c1-12-8(11)6-3-5-10-7(6)2-4-9-10/h2,4,6H,3,5H2,1H3. The third-order valence-electron chi connectivity index (χ3n) is 2.22. The zero-order valence-electron chi connectivity index (χ0n) is 6.86. The third kappa shape index (κ3) is 0.913. The van der Waals surface area contributed by atoms with Crippen LogP contribution in [0.4, 0.5) is 0 Å². The molecule has 0 N–H and O–H groups in total. The van der Waals surface area contributed by atoms with Crippen LogP contribution < -0.4 is 0 Å². The largest absolute Gasteiger partial charge is 0.469 e. The summed E-state index contributed by atoms with van der Waals surface area (Å²) in [6.45, 7) is 0.822. The normalized spacial score (nSPS) is 20.6. The van der Waals surface area contributed by atoms with E-state index in [0.29, 0.717) is 0 Å². The Hall–Kier alpha value is -1.32. The van der Waals surface area contributed by atoms with Gasteiger partial charge in [-0.3, -0.25) is 9.48 Å². The predicted molar refractivity (Wildman–Crippen MR) is 41.6 cm³/mol. The van der Waals surface area contributed by atoms with Crippen molar-refractivity contribution in [2.45, 2.75) is 18.9 Å². The molecule has 1 atom stereocenters. The molecular weight excluding hydrogens is 156 g/mol. The number of aromatic nitrogens is 2. The summed E-state index contributed by atoms with van der Waals surface area (Å²) in [4.78, 5) is 11.2. The highest BCUT2D eigenvalue weighted by Crippen LogP contribution is 2.27. The topological polar surface area (TPSA) is 44.1 Å². The molecule has 1 aliphatic rings. The van der Waals surface area contributed by atoms with Crippen molar-refractivity contribution < 1.29 is 9.53 Å². The molecule has 4 heteroatoms. The van der Waals surface area contributed by atoms with Gasteiger partial charge in [-0.1, -0.05) is 0 Å². The van der Waals surface area contributed by atoms with Crippen LogP contribution in [-0.2, 0) is 16.1 Å². The molecule has 0 fully saturated rings. The van der Waals surface area contributed by atoms with Crippen molar-refractivity contribution >= 4 is 5.97 Å². The Kier molecular flexibility index (Phi) is 1.60. The first kappa shape index (κ1) is 7.34. The number of nitrogens with zero attached hydrogens (tertiary/aromatic N) is 2. The van der Waals surface area contributed by atoms with Crippen LogP contribution in [0, 0.1) is 0 Å². The summed E-state index contributed by atoms with van der Waals surface area (Å²) in [7, 11) is 1.42. The number of esters is 1. The highest BCUT2D eigenvalue weighted by atomic mass is 16.5. The van der Waals surface area contributed by atoms with E-state index in [9.17, 15) is 4.79 Å². The summed E-state index contributed by atoms with van der Waals surface area (Å²) < 4.78 is 6.53. The number of rotatable bonds is 1. The van der Waals surface area contributed by atoms with Gasteiger partial charge in [0.2, 0.25) is 0 Å². The summed E-state index contributed by atoms with van der Waals surface area (Å²) in [5.41, 5.74) is 0.974. The second kappa shape index (κ2) is 2.62. The Morgan fingerprint density at radius 2 is 2.67 bits per heavy atom. The van der Waals surface area contributed by atoms with Crippen molar-refractivity contribution in [3.8, 4) is 0 Å². The van der Waals surface area contributed by atoms with Crippen LogP contribution in [0.3, 0.4) is 0 Å². The van der Waals surface area contributed by atoms with Gasteiger partial charge in [0.15, 0.2) is 0 Å². The smallest absolute Gasteiger partial charge is 0.314 e. The summed E-state index contributed by atoms with van der Waals surface area (Å²) in [6.07, 6.45) is 2.53. The maximum Gasteiger partial charge on any atom is 0.314 e. The molecule has 64 valence electrons. The zero-order valence-corrected chi connectivity index (χ0v) is 6.86. The zero-order chi connectivity index (χ0) is 8.55. The first-order valence-corrected chi connectivity index (χ1v) is 3.92. The number of carbonyl (C=O) groups excluding carboxylic acids is 1. The molecule has 2 rings (SSSR count). The second-order valence-corrected chi connectivity index (χ2v) is 2.84. The first-order chi connectivity index (χ1) is 5.83. The maximum atomic E-state index is 11.2. The number of hydrogen-bond acceptors (Lipinski definition) is 3. The summed E-state index contributed by atoms with van der Waals surface area (Å²) >= 11 is 0. The monoisotopic (exact) mass is 166 g/mol. The number of carbonyl (C=O) groups is 1. The van der Waals surface area contributed by atoms with Gasteiger partial charge in [0.1, 0.15) is 5.92 Å². The van der Waals surface area contributed by atoms with E-state index >= 15 is 0 Å². The first-order valence-electron chi connectivity index (χ1n) is 3.92. The molecule has 0 aromatic carbocycles. The van der Waals surface area contributed by atoms with Gasteiger partial charge in [0.05, 0.1) is 12.8 Å². The van der Waals surface area contributed by atoms with E-state index in [-0.39, 0.29) is 11.9 Å². The fraction of sp³-hybridized carbons (Fsp3) is 0.500. The van der Waals surface area contributed by atoms with Crippen LogP contribution in [-0.4, -0.2) is 22.9 Å². The van der Waals surface area contributed by atoms with Gasteiger partial charge in [-0.2, -0.15) is 5.10 Å². The van der Waals surface area contributed by atoms with Crippen molar-refractivity contribution in [3.05, 3.63) is 18.0 Å². The molecule has 4 nitrogen and oxygen atoms in total. The van der Waals surface area contributed by atoms with Crippen LogP contribution in [0.5, 0.6) is 0 Å². The molecule has 0 radical (unpaired) electrons. The molecule has 1 unspecified atom stereocenters. The van der Waals surface area contributed by atoms with Gasteiger partial charge in [-0.25, -0.2) is 0 Å². The van der Waals surface area contributed by atoms with Crippen LogP contribution in [0.15, 0.2) is 12.3 Å². The molecule has 0 bridgehead atoms. The van der Waals surface area contributed by atoms with Crippen molar-refractivity contribution in [2.24, 2.45) is 0 Å².